The van der Waals surface area contributed by atoms with Gasteiger partial charge in [-0.25, -0.2) is 0 Å². The maximum atomic E-state index is 12.7. The summed E-state index contributed by atoms with van der Waals surface area (Å²) >= 11 is 0. The summed E-state index contributed by atoms with van der Waals surface area (Å²) in [6, 6.07) is 3.83. The predicted molar refractivity (Wildman–Crippen MR) is 85.7 cm³/mol. The Morgan fingerprint density at radius 1 is 1.43 bits per heavy atom. The molecule has 0 bridgehead atoms. The number of nitrogens with one attached hydrogen (secondary N) is 2. The van der Waals surface area contributed by atoms with E-state index in [1.807, 2.05) is 19.1 Å². The van der Waals surface area contributed by atoms with Crippen LogP contribution in [0, 0.1) is 18.3 Å². The van der Waals surface area contributed by atoms with Crippen molar-refractivity contribution in [1.82, 2.24) is 10.6 Å². The quantitative estimate of drug-likeness (QED) is 0.842. The molecule has 0 saturated carbocycles. The zero-order valence-corrected chi connectivity index (χ0v) is 13.9. The van der Waals surface area contributed by atoms with E-state index in [-0.39, 0.29) is 11.8 Å². The van der Waals surface area contributed by atoms with Gasteiger partial charge in [0.15, 0.2) is 11.5 Å². The van der Waals surface area contributed by atoms with Crippen molar-refractivity contribution in [2.75, 3.05) is 40.5 Å². The highest BCUT2D eigenvalue weighted by Crippen LogP contribution is 2.38. The number of carbonyl (C=O) groups is 1. The summed E-state index contributed by atoms with van der Waals surface area (Å²) in [5.74, 6) is 1.75. The van der Waals surface area contributed by atoms with Crippen LogP contribution >= 0.6 is 0 Å². The normalized spacial score (nSPS) is 26.0. The molecule has 0 aliphatic carbocycles. The molecule has 2 saturated heterocycles. The van der Waals surface area contributed by atoms with Crippen LogP contribution in [0.3, 0.4) is 0 Å². The van der Waals surface area contributed by atoms with Crippen molar-refractivity contribution < 1.29 is 19.0 Å². The van der Waals surface area contributed by atoms with Gasteiger partial charge in [0, 0.05) is 25.6 Å². The first-order valence-corrected chi connectivity index (χ1v) is 7.89. The van der Waals surface area contributed by atoms with Crippen molar-refractivity contribution in [3.05, 3.63) is 23.3 Å². The Bertz CT molecular complexity index is 593. The minimum Gasteiger partial charge on any atom is -0.493 e. The number of carbonyl (C=O) groups excluding carboxylic acids is 1. The average molecular weight is 320 g/mol. The molecule has 1 aromatic rings. The first-order chi connectivity index (χ1) is 11.1. The zero-order chi connectivity index (χ0) is 16.4. The van der Waals surface area contributed by atoms with Gasteiger partial charge in [0.2, 0.25) is 5.91 Å². The smallest absolute Gasteiger partial charge is 0.230 e. The van der Waals surface area contributed by atoms with Gasteiger partial charge in [0.05, 0.1) is 32.8 Å². The highest BCUT2D eigenvalue weighted by molar-refractivity contribution is 5.84. The van der Waals surface area contributed by atoms with E-state index < -0.39 is 5.41 Å². The van der Waals surface area contributed by atoms with Crippen molar-refractivity contribution >= 4 is 5.91 Å². The highest BCUT2D eigenvalue weighted by atomic mass is 16.5. The van der Waals surface area contributed by atoms with E-state index in [0.717, 1.165) is 17.7 Å². The van der Waals surface area contributed by atoms with Crippen LogP contribution in [-0.2, 0) is 16.1 Å². The molecule has 0 aromatic heterocycles. The lowest BCUT2D eigenvalue weighted by Crippen LogP contribution is -2.46. The molecule has 0 spiro atoms. The van der Waals surface area contributed by atoms with Gasteiger partial charge in [-0.3, -0.25) is 4.79 Å². The van der Waals surface area contributed by atoms with E-state index in [0.29, 0.717) is 37.8 Å². The largest absolute Gasteiger partial charge is 0.493 e. The monoisotopic (exact) mass is 320 g/mol. The number of hydrogen-bond acceptors (Lipinski definition) is 5. The number of rotatable bonds is 5. The number of methoxy groups -OCH3 is 2. The van der Waals surface area contributed by atoms with Crippen molar-refractivity contribution in [2.45, 2.75) is 13.5 Å². The number of benzene rings is 1. The van der Waals surface area contributed by atoms with E-state index in [4.69, 9.17) is 14.2 Å². The number of hydrogen-bond donors (Lipinski definition) is 2. The fraction of sp³-hybridized carbons (Fsp3) is 0.588. The SMILES string of the molecule is COc1ccc(CNC(=O)[C@]23CNC[C@H]2COC3)c(C)c1OC. The Labute approximate surface area is 136 Å². The molecule has 2 N–H and O–H groups in total. The lowest BCUT2D eigenvalue weighted by Gasteiger charge is -2.25. The maximum absolute atomic E-state index is 12.7. The number of fused-ring (bicyclic) bond motifs is 1. The van der Waals surface area contributed by atoms with Crippen molar-refractivity contribution in [3.63, 3.8) is 0 Å². The molecule has 6 heteroatoms. The van der Waals surface area contributed by atoms with Gasteiger partial charge >= 0.3 is 0 Å². The molecule has 2 heterocycles. The molecule has 2 aliphatic rings. The van der Waals surface area contributed by atoms with E-state index in [9.17, 15) is 4.79 Å². The summed E-state index contributed by atoms with van der Waals surface area (Å²) in [4.78, 5) is 12.7. The molecular weight excluding hydrogens is 296 g/mol. The minimum absolute atomic E-state index is 0.0687. The topological polar surface area (TPSA) is 68.8 Å². The Morgan fingerprint density at radius 3 is 3.00 bits per heavy atom. The van der Waals surface area contributed by atoms with E-state index >= 15 is 0 Å². The molecule has 3 rings (SSSR count). The molecule has 2 aliphatic heterocycles. The van der Waals surface area contributed by atoms with Crippen LogP contribution in [0.1, 0.15) is 11.1 Å². The lowest BCUT2D eigenvalue weighted by molar-refractivity contribution is -0.131. The molecule has 6 nitrogen and oxygen atoms in total. The second-order valence-electron chi connectivity index (χ2n) is 6.27. The Morgan fingerprint density at radius 2 is 2.26 bits per heavy atom. The molecule has 0 radical (unpaired) electrons. The standard InChI is InChI=1S/C17H24N2O4/c1-11-12(4-5-14(21-2)15(11)22-3)6-19-16(20)17-9-18-7-13(17)8-23-10-17/h4-5,13,18H,6-10H2,1-3H3,(H,19,20)/t13-,17-/m0/s1. The maximum Gasteiger partial charge on any atom is 0.230 e. The minimum atomic E-state index is -0.412. The first-order valence-electron chi connectivity index (χ1n) is 7.89. The van der Waals surface area contributed by atoms with Gasteiger partial charge in [-0.05, 0) is 24.1 Å². The second-order valence-corrected chi connectivity index (χ2v) is 6.27. The van der Waals surface area contributed by atoms with Crippen molar-refractivity contribution in [2.24, 2.45) is 11.3 Å². The Hall–Kier alpha value is -1.79. The summed E-state index contributed by atoms with van der Waals surface area (Å²) in [5.41, 5.74) is 1.59. The fourth-order valence-corrected chi connectivity index (χ4v) is 3.58. The summed E-state index contributed by atoms with van der Waals surface area (Å²) in [6.45, 7) is 5.15. The first kappa shape index (κ1) is 16.1. The molecule has 1 amide bonds. The van der Waals surface area contributed by atoms with Gasteiger partial charge < -0.3 is 24.8 Å². The average Bonchev–Trinajstić information content (AvgIpc) is 3.13. The Balaban J connectivity index is 1.72. The third kappa shape index (κ3) is 2.66. The van der Waals surface area contributed by atoms with Gasteiger partial charge in [-0.2, -0.15) is 0 Å². The van der Waals surface area contributed by atoms with Crippen LogP contribution in [0.4, 0.5) is 0 Å². The van der Waals surface area contributed by atoms with Crippen LogP contribution in [0.5, 0.6) is 11.5 Å². The van der Waals surface area contributed by atoms with E-state index in [1.54, 1.807) is 14.2 Å². The van der Waals surface area contributed by atoms with Gasteiger partial charge in [0.25, 0.3) is 0 Å². The van der Waals surface area contributed by atoms with Crippen LogP contribution < -0.4 is 20.1 Å². The van der Waals surface area contributed by atoms with E-state index in [2.05, 4.69) is 10.6 Å². The Kier molecular flexibility index (Phi) is 4.46. The van der Waals surface area contributed by atoms with Gasteiger partial charge in [-0.1, -0.05) is 6.07 Å². The molecule has 2 fully saturated rings. The van der Waals surface area contributed by atoms with Gasteiger partial charge in [0.1, 0.15) is 0 Å². The molecule has 1 aromatic carbocycles. The van der Waals surface area contributed by atoms with Crippen molar-refractivity contribution in [3.8, 4) is 11.5 Å². The third-order valence-electron chi connectivity index (χ3n) is 5.09. The molecular formula is C17H24N2O4. The second kappa shape index (κ2) is 6.37. The number of ether oxygens (including phenoxy) is 3. The lowest BCUT2D eigenvalue weighted by atomic mass is 9.80. The van der Waals surface area contributed by atoms with Crippen LogP contribution in [-0.4, -0.2) is 46.4 Å². The molecule has 2 atom stereocenters. The van der Waals surface area contributed by atoms with Crippen LogP contribution in [0.25, 0.3) is 0 Å². The zero-order valence-electron chi connectivity index (χ0n) is 13.9. The van der Waals surface area contributed by atoms with Crippen molar-refractivity contribution in [1.29, 1.82) is 0 Å². The van der Waals surface area contributed by atoms with Crippen LogP contribution in [0.2, 0.25) is 0 Å². The summed E-state index contributed by atoms with van der Waals surface area (Å²) < 4.78 is 16.3. The summed E-state index contributed by atoms with van der Waals surface area (Å²) in [5, 5.41) is 6.39. The van der Waals surface area contributed by atoms with E-state index in [1.165, 1.54) is 0 Å². The predicted octanol–water partition coefficient (Wildman–Crippen LogP) is 0.864. The molecule has 23 heavy (non-hydrogen) atoms. The summed E-state index contributed by atoms with van der Waals surface area (Å²) in [7, 11) is 3.24. The molecule has 126 valence electrons. The van der Waals surface area contributed by atoms with Gasteiger partial charge in [-0.15, -0.1) is 0 Å². The summed E-state index contributed by atoms with van der Waals surface area (Å²) in [6.07, 6.45) is 0. The third-order valence-corrected chi connectivity index (χ3v) is 5.09. The fourth-order valence-electron chi connectivity index (χ4n) is 3.58. The van der Waals surface area contributed by atoms with Crippen LogP contribution in [0.15, 0.2) is 12.1 Å². The number of amides is 1. The molecule has 0 unspecified atom stereocenters. The highest BCUT2D eigenvalue weighted by Gasteiger charge is 2.52.